The van der Waals surface area contributed by atoms with Crippen molar-refractivity contribution >= 4 is 23.8 Å². The number of ether oxygens (including phenoxy) is 1. The van der Waals surface area contributed by atoms with Gasteiger partial charge in [-0.25, -0.2) is 0 Å². The minimum Gasteiger partial charge on any atom is -0.495 e. The van der Waals surface area contributed by atoms with Crippen molar-refractivity contribution in [1.82, 2.24) is 19.7 Å². The summed E-state index contributed by atoms with van der Waals surface area (Å²) in [7, 11) is 1.69. The molecule has 1 aromatic heterocycles. The number of amides is 1. The second-order valence-electron chi connectivity index (χ2n) is 7.66. The number of methoxy groups -OCH3 is 1. The molecule has 0 atom stereocenters. The van der Waals surface area contributed by atoms with Crippen LogP contribution in [0.1, 0.15) is 12.0 Å². The van der Waals surface area contributed by atoms with Crippen LogP contribution in [0.5, 0.6) is 5.75 Å². The summed E-state index contributed by atoms with van der Waals surface area (Å²) in [5, 5.41) is 7.25. The molecule has 0 aliphatic carbocycles. The van der Waals surface area contributed by atoms with Gasteiger partial charge in [0.15, 0.2) is 10.6 Å². The summed E-state index contributed by atoms with van der Waals surface area (Å²) >= 11 is 5.41. The first-order chi connectivity index (χ1) is 15.1. The molecule has 1 aliphatic heterocycles. The number of carbonyl (C=O) groups excluding carboxylic acids is 1. The minimum absolute atomic E-state index is 0.137. The molecule has 2 aromatic carbocycles. The molecular formula is C23H27N5O2S. The molecule has 0 bridgehead atoms. The van der Waals surface area contributed by atoms with Crippen LogP contribution in [0.2, 0.25) is 0 Å². The van der Waals surface area contributed by atoms with Crippen LogP contribution in [0.4, 0.5) is 5.69 Å². The van der Waals surface area contributed by atoms with Crippen molar-refractivity contribution < 1.29 is 9.53 Å². The lowest BCUT2D eigenvalue weighted by Gasteiger charge is -2.36. The maximum absolute atomic E-state index is 12.9. The molecule has 0 saturated carbocycles. The van der Waals surface area contributed by atoms with Crippen LogP contribution in [-0.2, 0) is 11.3 Å². The third-order valence-corrected chi connectivity index (χ3v) is 5.95. The summed E-state index contributed by atoms with van der Waals surface area (Å²) in [4.78, 5) is 17.1. The Hall–Kier alpha value is -3.13. The number of H-pyrrole nitrogens is 1. The normalized spacial score (nSPS) is 14.0. The Labute approximate surface area is 187 Å². The number of carbonyl (C=O) groups is 1. The third kappa shape index (κ3) is 4.64. The van der Waals surface area contributed by atoms with Crippen molar-refractivity contribution in [3.8, 4) is 17.1 Å². The van der Waals surface area contributed by atoms with E-state index in [1.54, 1.807) is 7.11 Å². The molecule has 1 fully saturated rings. The Balaban J connectivity index is 1.38. The minimum atomic E-state index is 0.137. The van der Waals surface area contributed by atoms with E-state index in [0.29, 0.717) is 30.8 Å². The topological polar surface area (TPSA) is 66.4 Å². The first kappa shape index (κ1) is 21.1. The highest BCUT2D eigenvalue weighted by atomic mass is 32.1. The number of nitrogens with zero attached hydrogens (tertiary/aromatic N) is 4. The Kier molecular flexibility index (Phi) is 6.36. The Morgan fingerprint density at radius 2 is 1.90 bits per heavy atom. The van der Waals surface area contributed by atoms with Gasteiger partial charge in [-0.3, -0.25) is 14.5 Å². The molecule has 8 heteroatoms. The van der Waals surface area contributed by atoms with Crippen LogP contribution in [0, 0.1) is 11.7 Å². The fourth-order valence-electron chi connectivity index (χ4n) is 3.98. The van der Waals surface area contributed by atoms with Gasteiger partial charge >= 0.3 is 0 Å². The zero-order valence-electron chi connectivity index (χ0n) is 17.9. The van der Waals surface area contributed by atoms with Gasteiger partial charge in [0.1, 0.15) is 5.75 Å². The lowest BCUT2D eigenvalue weighted by Crippen LogP contribution is -2.49. The fourth-order valence-corrected chi connectivity index (χ4v) is 4.21. The molecule has 0 unspecified atom stereocenters. The molecule has 0 spiro atoms. The van der Waals surface area contributed by atoms with E-state index in [9.17, 15) is 4.79 Å². The fraction of sp³-hybridized carbons (Fsp3) is 0.348. The number of piperazine rings is 1. The first-order valence-corrected chi connectivity index (χ1v) is 10.9. The number of rotatable bonds is 6. The molecule has 2 heterocycles. The van der Waals surface area contributed by atoms with Crippen molar-refractivity contribution in [2.45, 2.75) is 19.9 Å². The average molecular weight is 438 g/mol. The second kappa shape index (κ2) is 9.34. The van der Waals surface area contributed by atoms with E-state index in [1.807, 2.05) is 52.8 Å². The number of para-hydroxylation sites is 2. The summed E-state index contributed by atoms with van der Waals surface area (Å²) in [6.45, 7) is 5.50. The Morgan fingerprint density at radius 3 is 2.65 bits per heavy atom. The Bertz CT molecular complexity index is 1110. The van der Waals surface area contributed by atoms with Gasteiger partial charge in [0.05, 0.1) is 12.8 Å². The van der Waals surface area contributed by atoms with E-state index in [4.69, 9.17) is 17.0 Å². The molecule has 1 N–H and O–H groups in total. The summed E-state index contributed by atoms with van der Waals surface area (Å²) in [5.41, 5.74) is 3.22. The number of aromatic nitrogens is 3. The molecular weight excluding hydrogens is 410 g/mol. The van der Waals surface area contributed by atoms with Gasteiger partial charge in [-0.1, -0.05) is 35.9 Å². The maximum atomic E-state index is 12.9. The zero-order valence-corrected chi connectivity index (χ0v) is 18.7. The van der Waals surface area contributed by atoms with E-state index in [1.165, 1.54) is 0 Å². The van der Waals surface area contributed by atoms with Crippen molar-refractivity contribution in [1.29, 1.82) is 0 Å². The van der Waals surface area contributed by atoms with Gasteiger partial charge in [-0.2, -0.15) is 5.10 Å². The van der Waals surface area contributed by atoms with E-state index in [2.05, 4.69) is 27.2 Å². The summed E-state index contributed by atoms with van der Waals surface area (Å²) < 4.78 is 7.92. The lowest BCUT2D eigenvalue weighted by molar-refractivity contribution is -0.131. The largest absolute Gasteiger partial charge is 0.495 e. The smallest absolute Gasteiger partial charge is 0.224 e. The monoisotopic (exact) mass is 437 g/mol. The third-order valence-electron chi connectivity index (χ3n) is 5.64. The van der Waals surface area contributed by atoms with Crippen LogP contribution in [0.15, 0.2) is 48.5 Å². The van der Waals surface area contributed by atoms with Crippen LogP contribution in [0.25, 0.3) is 11.4 Å². The van der Waals surface area contributed by atoms with Crippen LogP contribution >= 0.6 is 12.2 Å². The predicted molar refractivity (Wildman–Crippen MR) is 124 cm³/mol. The average Bonchev–Trinajstić information content (AvgIpc) is 3.17. The van der Waals surface area contributed by atoms with Crippen LogP contribution in [-0.4, -0.2) is 58.9 Å². The molecule has 4 rings (SSSR count). The molecule has 3 aromatic rings. The standard InChI is InChI=1S/C23H27N5O2S/c1-17-6-5-7-18(16-17)22-24-25-23(31)28(22)11-10-21(29)27-14-12-26(13-15-27)19-8-3-4-9-20(19)30-2/h3-9,16H,10-15H2,1-2H3,(H,25,31). The summed E-state index contributed by atoms with van der Waals surface area (Å²) in [5.74, 6) is 1.76. The molecule has 7 nitrogen and oxygen atoms in total. The first-order valence-electron chi connectivity index (χ1n) is 10.4. The quantitative estimate of drug-likeness (QED) is 0.596. The summed E-state index contributed by atoms with van der Waals surface area (Å²) in [6.07, 6.45) is 0.390. The molecule has 162 valence electrons. The van der Waals surface area contributed by atoms with Crippen molar-refractivity contribution in [3.05, 3.63) is 58.9 Å². The number of hydrogen-bond donors (Lipinski definition) is 1. The van der Waals surface area contributed by atoms with Crippen molar-refractivity contribution in [2.75, 3.05) is 38.2 Å². The number of benzene rings is 2. The van der Waals surface area contributed by atoms with Gasteiger partial charge in [0.25, 0.3) is 0 Å². The molecule has 31 heavy (non-hydrogen) atoms. The zero-order chi connectivity index (χ0) is 21.8. The van der Waals surface area contributed by atoms with Gasteiger partial charge in [-0.15, -0.1) is 0 Å². The van der Waals surface area contributed by atoms with E-state index >= 15 is 0 Å². The predicted octanol–water partition coefficient (Wildman–Crippen LogP) is 3.66. The number of aryl methyl sites for hydroxylation is 1. The van der Waals surface area contributed by atoms with Crippen LogP contribution < -0.4 is 9.64 Å². The van der Waals surface area contributed by atoms with Gasteiger partial charge < -0.3 is 14.5 Å². The number of hydrogen-bond acceptors (Lipinski definition) is 5. The van der Waals surface area contributed by atoms with Crippen LogP contribution in [0.3, 0.4) is 0 Å². The number of nitrogens with one attached hydrogen (secondary N) is 1. The molecule has 1 saturated heterocycles. The summed E-state index contributed by atoms with van der Waals surface area (Å²) in [6, 6.07) is 16.1. The molecule has 1 amide bonds. The highest BCUT2D eigenvalue weighted by molar-refractivity contribution is 7.71. The molecule has 0 radical (unpaired) electrons. The highest BCUT2D eigenvalue weighted by Crippen LogP contribution is 2.28. The number of aromatic amines is 1. The van der Waals surface area contributed by atoms with Crippen molar-refractivity contribution in [2.24, 2.45) is 0 Å². The van der Waals surface area contributed by atoms with Gasteiger partial charge in [0.2, 0.25) is 5.91 Å². The van der Waals surface area contributed by atoms with E-state index in [-0.39, 0.29) is 5.91 Å². The van der Waals surface area contributed by atoms with Crippen molar-refractivity contribution in [3.63, 3.8) is 0 Å². The van der Waals surface area contributed by atoms with E-state index < -0.39 is 0 Å². The molecule has 1 aliphatic rings. The SMILES string of the molecule is COc1ccccc1N1CCN(C(=O)CCn2c(-c3cccc(C)c3)n[nH]c2=S)CC1. The second-order valence-corrected chi connectivity index (χ2v) is 8.05. The maximum Gasteiger partial charge on any atom is 0.224 e. The van der Waals surface area contributed by atoms with Gasteiger partial charge in [-0.05, 0) is 37.3 Å². The Morgan fingerprint density at radius 1 is 1.13 bits per heavy atom. The van der Waals surface area contributed by atoms with E-state index in [0.717, 1.165) is 41.5 Å². The van der Waals surface area contributed by atoms with Gasteiger partial charge in [0, 0.05) is 44.7 Å². The lowest BCUT2D eigenvalue weighted by atomic mass is 10.1. The highest BCUT2D eigenvalue weighted by Gasteiger charge is 2.23. The number of anilines is 1.